The molecule has 0 aliphatic carbocycles. The molecular weight excluding hydrogens is 342 g/mol. The predicted octanol–water partition coefficient (Wildman–Crippen LogP) is 2.32. The van der Waals surface area contributed by atoms with Gasteiger partial charge in [0.2, 0.25) is 0 Å². The van der Waals surface area contributed by atoms with E-state index >= 15 is 0 Å². The van der Waals surface area contributed by atoms with Crippen molar-refractivity contribution in [1.29, 1.82) is 0 Å². The normalized spacial score (nSPS) is 18.4. The number of nitrogens with zero attached hydrogens (tertiary/aromatic N) is 1. The maximum Gasteiger partial charge on any atom is 0.266 e. The Labute approximate surface area is 143 Å². The first kappa shape index (κ1) is 17.0. The summed E-state index contributed by atoms with van der Waals surface area (Å²) in [5.41, 5.74) is 0.752. The first-order valence-corrected chi connectivity index (χ1v) is 8.15. The second-order valence-corrected chi connectivity index (χ2v) is 7.23. The maximum atomic E-state index is 12.5. The summed E-state index contributed by atoms with van der Waals surface area (Å²) >= 11 is 12.2. The highest BCUT2D eigenvalue weighted by Gasteiger charge is 2.38. The Morgan fingerprint density at radius 2 is 2.14 bits per heavy atom. The fourth-order valence-corrected chi connectivity index (χ4v) is 3.67. The molecule has 0 N–H and O–H groups in total. The summed E-state index contributed by atoms with van der Waals surface area (Å²) in [5, 5.41) is 11.9. The monoisotopic (exact) mass is 354 g/mol. The number of carbonyl (C=O) groups is 2. The Hall–Kier alpha value is -1.37. The van der Waals surface area contributed by atoms with Gasteiger partial charge in [0.15, 0.2) is 0 Å². The molecule has 1 fully saturated rings. The Kier molecular flexibility index (Phi) is 5.26. The van der Waals surface area contributed by atoms with Crippen molar-refractivity contribution in [3.63, 3.8) is 0 Å². The van der Waals surface area contributed by atoms with Gasteiger partial charge in [-0.25, -0.2) is 0 Å². The summed E-state index contributed by atoms with van der Waals surface area (Å²) in [7, 11) is 0. The Balaban J connectivity index is 2.34. The summed E-state index contributed by atoms with van der Waals surface area (Å²) in [6.45, 7) is 3.42. The van der Waals surface area contributed by atoms with Gasteiger partial charge in [0.25, 0.3) is 5.91 Å². The molecule has 1 aromatic carbocycles. The van der Waals surface area contributed by atoms with Crippen LogP contribution in [-0.4, -0.2) is 27.1 Å². The lowest BCUT2D eigenvalue weighted by molar-refractivity contribution is -0.311. The molecule has 0 saturated carbocycles. The molecule has 0 spiro atoms. The van der Waals surface area contributed by atoms with E-state index in [1.165, 1.54) is 0 Å². The highest BCUT2D eigenvalue weighted by molar-refractivity contribution is 8.26. The van der Waals surface area contributed by atoms with E-state index in [1.807, 2.05) is 0 Å². The van der Waals surface area contributed by atoms with E-state index in [0.29, 0.717) is 9.93 Å². The van der Waals surface area contributed by atoms with Gasteiger partial charge in [0.05, 0.1) is 16.9 Å². The van der Waals surface area contributed by atoms with Crippen molar-refractivity contribution in [2.24, 2.45) is 5.92 Å². The van der Waals surface area contributed by atoms with Crippen LogP contribution in [-0.2, 0) is 9.59 Å². The molecule has 22 heavy (non-hydrogen) atoms. The van der Waals surface area contributed by atoms with Crippen molar-refractivity contribution in [2.45, 2.75) is 19.9 Å². The van der Waals surface area contributed by atoms with E-state index in [4.69, 9.17) is 23.8 Å². The van der Waals surface area contributed by atoms with E-state index < -0.39 is 17.9 Å². The summed E-state index contributed by atoms with van der Waals surface area (Å²) in [6.07, 6.45) is 1.65. The number of benzene rings is 1. The average molecular weight is 355 g/mol. The lowest BCUT2D eigenvalue weighted by atomic mass is 10.0. The fourth-order valence-electron chi connectivity index (χ4n) is 2.14. The molecule has 0 aromatic heterocycles. The minimum atomic E-state index is -1.31. The first-order chi connectivity index (χ1) is 10.3. The van der Waals surface area contributed by atoms with Crippen molar-refractivity contribution < 1.29 is 14.7 Å². The molecule has 7 heteroatoms. The van der Waals surface area contributed by atoms with Crippen molar-refractivity contribution in [3.8, 4) is 0 Å². The van der Waals surface area contributed by atoms with Crippen LogP contribution in [0.1, 0.15) is 19.4 Å². The standard InChI is InChI=1S/C15H14ClNO3S2/c1-8(2)12(14(19)20)17-13(18)11(22-15(17)21)7-9-4-3-5-10(16)6-9/h3-8,12H,1-2H3,(H,19,20)/p-1/b11-7-/t12-/m1/s1. The van der Waals surface area contributed by atoms with Gasteiger partial charge in [-0.3, -0.25) is 9.69 Å². The molecule has 1 atom stereocenters. The smallest absolute Gasteiger partial charge is 0.266 e. The van der Waals surface area contributed by atoms with E-state index in [1.54, 1.807) is 44.2 Å². The summed E-state index contributed by atoms with van der Waals surface area (Å²) < 4.78 is 0.223. The van der Waals surface area contributed by atoms with E-state index in [2.05, 4.69) is 0 Å². The zero-order valence-corrected chi connectivity index (χ0v) is 14.3. The number of halogens is 1. The zero-order chi connectivity index (χ0) is 16.4. The highest BCUT2D eigenvalue weighted by Crippen LogP contribution is 2.35. The molecule has 1 aliphatic heterocycles. The van der Waals surface area contributed by atoms with Gasteiger partial charge in [0.1, 0.15) is 4.32 Å². The number of aliphatic carboxylic acids is 1. The average Bonchev–Trinajstić information content (AvgIpc) is 2.66. The maximum absolute atomic E-state index is 12.5. The van der Waals surface area contributed by atoms with Gasteiger partial charge >= 0.3 is 0 Å². The van der Waals surface area contributed by atoms with Crippen LogP contribution in [0.4, 0.5) is 0 Å². The van der Waals surface area contributed by atoms with Crippen molar-refractivity contribution >= 4 is 57.9 Å². The molecule has 2 rings (SSSR count). The molecule has 1 aliphatic rings. The summed E-state index contributed by atoms with van der Waals surface area (Å²) in [5.74, 6) is -2.04. The summed E-state index contributed by atoms with van der Waals surface area (Å²) in [4.78, 5) is 25.3. The van der Waals surface area contributed by atoms with Crippen molar-refractivity contribution in [3.05, 3.63) is 39.8 Å². The number of carboxylic acids is 1. The number of amides is 1. The Bertz CT molecular complexity index is 673. The fraction of sp³-hybridized carbons (Fsp3) is 0.267. The van der Waals surface area contributed by atoms with Gasteiger partial charge in [0, 0.05) is 5.02 Å². The second kappa shape index (κ2) is 6.81. The van der Waals surface area contributed by atoms with Crippen LogP contribution < -0.4 is 5.11 Å². The number of hydrogen-bond donors (Lipinski definition) is 0. The third kappa shape index (κ3) is 3.51. The van der Waals surface area contributed by atoms with Gasteiger partial charge in [-0.05, 0) is 29.7 Å². The number of carbonyl (C=O) groups excluding carboxylic acids is 2. The number of rotatable bonds is 4. The van der Waals surface area contributed by atoms with Crippen LogP contribution in [0.15, 0.2) is 29.2 Å². The molecule has 1 heterocycles. The van der Waals surface area contributed by atoms with Gasteiger partial charge in [-0.15, -0.1) is 0 Å². The van der Waals surface area contributed by atoms with E-state index in [-0.39, 0.29) is 10.2 Å². The van der Waals surface area contributed by atoms with Gasteiger partial charge < -0.3 is 9.90 Å². The second-order valence-electron chi connectivity index (χ2n) is 5.11. The lowest BCUT2D eigenvalue weighted by Gasteiger charge is -2.30. The molecule has 1 amide bonds. The van der Waals surface area contributed by atoms with Crippen LogP contribution in [0.5, 0.6) is 0 Å². The number of thiocarbonyl (C=S) groups is 1. The Morgan fingerprint density at radius 1 is 1.45 bits per heavy atom. The van der Waals surface area contributed by atoms with Crippen LogP contribution >= 0.6 is 35.6 Å². The number of thioether (sulfide) groups is 1. The molecule has 1 aromatic rings. The molecule has 0 unspecified atom stereocenters. The van der Waals surface area contributed by atoms with Gasteiger partial charge in [-0.1, -0.05) is 61.6 Å². The third-order valence-corrected chi connectivity index (χ3v) is 4.69. The highest BCUT2D eigenvalue weighted by atomic mass is 35.5. The largest absolute Gasteiger partial charge is 0.548 e. The minimum Gasteiger partial charge on any atom is -0.548 e. The zero-order valence-electron chi connectivity index (χ0n) is 11.9. The molecule has 0 bridgehead atoms. The van der Waals surface area contributed by atoms with Gasteiger partial charge in [-0.2, -0.15) is 0 Å². The SMILES string of the molecule is CC(C)[C@H](C(=O)[O-])N1C(=O)/C(=C/c2cccc(Cl)c2)SC1=S. The van der Waals surface area contributed by atoms with Crippen molar-refractivity contribution in [2.75, 3.05) is 0 Å². The number of hydrogen-bond acceptors (Lipinski definition) is 5. The van der Waals surface area contributed by atoms with E-state index in [9.17, 15) is 14.7 Å². The van der Waals surface area contributed by atoms with Crippen LogP contribution in [0.2, 0.25) is 5.02 Å². The molecule has 116 valence electrons. The summed E-state index contributed by atoms with van der Waals surface area (Å²) in [6, 6.07) is 5.95. The quantitative estimate of drug-likeness (QED) is 0.613. The lowest BCUT2D eigenvalue weighted by Crippen LogP contribution is -2.52. The topological polar surface area (TPSA) is 60.4 Å². The minimum absolute atomic E-state index is 0.223. The van der Waals surface area contributed by atoms with Crippen molar-refractivity contribution in [1.82, 2.24) is 4.90 Å². The first-order valence-electron chi connectivity index (χ1n) is 6.54. The predicted molar refractivity (Wildman–Crippen MR) is 90.1 cm³/mol. The van der Waals surface area contributed by atoms with E-state index in [0.717, 1.165) is 22.2 Å². The van der Waals surface area contributed by atoms with Crippen LogP contribution in [0.25, 0.3) is 6.08 Å². The molecule has 4 nitrogen and oxygen atoms in total. The molecular formula is C15H13ClNO3S2-. The number of carboxylic acid groups (broad SMARTS) is 1. The molecule has 0 radical (unpaired) electrons. The van der Waals surface area contributed by atoms with Crippen LogP contribution in [0.3, 0.4) is 0 Å². The van der Waals surface area contributed by atoms with Crippen LogP contribution in [0, 0.1) is 5.92 Å². The Morgan fingerprint density at radius 3 is 2.68 bits per heavy atom. The third-order valence-electron chi connectivity index (χ3n) is 3.12. The molecule has 1 saturated heterocycles.